The highest BCUT2D eigenvalue weighted by atomic mass is 35.5. The van der Waals surface area contributed by atoms with E-state index >= 15 is 0 Å². The minimum absolute atomic E-state index is 0.0844. The van der Waals surface area contributed by atoms with Crippen LogP contribution in [0.1, 0.15) is 29.1 Å². The van der Waals surface area contributed by atoms with Crippen LogP contribution in [0.3, 0.4) is 0 Å². The molecule has 4 aromatic rings. The largest absolute Gasteiger partial charge is 0.490 e. The van der Waals surface area contributed by atoms with E-state index in [1.807, 2.05) is 0 Å². The van der Waals surface area contributed by atoms with Gasteiger partial charge in [0.25, 0.3) is 0 Å². The molecule has 38 heavy (non-hydrogen) atoms. The third-order valence-corrected chi connectivity index (χ3v) is 6.94. The third kappa shape index (κ3) is 6.40. The lowest BCUT2D eigenvalue weighted by molar-refractivity contribution is -0.479. The maximum atomic E-state index is 14.1. The van der Waals surface area contributed by atoms with E-state index in [2.05, 4.69) is 10.2 Å². The summed E-state index contributed by atoms with van der Waals surface area (Å²) in [4.78, 5) is 11.2. The Morgan fingerprint density at radius 3 is 2.53 bits per heavy atom. The first kappa shape index (κ1) is 27.3. The molecule has 3 aromatic carbocycles. The normalized spacial score (nSPS) is 11.8. The summed E-state index contributed by atoms with van der Waals surface area (Å²) in [7, 11) is 0. The van der Waals surface area contributed by atoms with Crippen molar-refractivity contribution in [2.75, 3.05) is 13.2 Å². The van der Waals surface area contributed by atoms with Gasteiger partial charge in [-0.15, -0.1) is 10.2 Å². The fraction of sp³-hybridized carbons (Fsp3) is 0.231. The highest BCUT2D eigenvalue weighted by Gasteiger charge is 2.26. The van der Waals surface area contributed by atoms with Crippen LogP contribution in [0.2, 0.25) is 5.02 Å². The molecule has 0 aliphatic rings. The standard InChI is InChI=1S/C26H23ClF2N4O4S/c1-3-36-23-13-18(12-21(27)25(23)37-15-17-6-4-5-7-22(17)29)24(14-32(34)35)38-26-31-30-16(2)33(26)20-10-8-19(28)9-11-20/h4-13,24H,3,14-15H2,1-2H3/t24-/m1/s1. The molecule has 0 unspecified atom stereocenters. The molecule has 0 aliphatic heterocycles. The van der Waals surface area contributed by atoms with Crippen molar-refractivity contribution in [3.63, 3.8) is 0 Å². The van der Waals surface area contributed by atoms with Crippen LogP contribution < -0.4 is 9.47 Å². The van der Waals surface area contributed by atoms with Gasteiger partial charge >= 0.3 is 0 Å². The predicted octanol–water partition coefficient (Wildman–Crippen LogP) is 6.60. The number of aromatic nitrogens is 3. The molecular weight excluding hydrogens is 538 g/mol. The molecule has 198 valence electrons. The zero-order chi connectivity index (χ0) is 27.2. The number of hydrogen-bond acceptors (Lipinski definition) is 7. The van der Waals surface area contributed by atoms with Crippen LogP contribution in [0.5, 0.6) is 11.5 Å². The van der Waals surface area contributed by atoms with Gasteiger partial charge in [0.2, 0.25) is 6.54 Å². The van der Waals surface area contributed by atoms with E-state index in [4.69, 9.17) is 21.1 Å². The molecule has 8 nitrogen and oxygen atoms in total. The molecule has 0 bridgehead atoms. The number of nitrogens with zero attached hydrogens (tertiary/aromatic N) is 4. The third-order valence-electron chi connectivity index (χ3n) is 5.48. The maximum absolute atomic E-state index is 14.1. The lowest BCUT2D eigenvalue weighted by atomic mass is 10.1. The molecule has 0 aliphatic carbocycles. The fourth-order valence-electron chi connectivity index (χ4n) is 3.72. The molecule has 1 aromatic heterocycles. The summed E-state index contributed by atoms with van der Waals surface area (Å²) < 4.78 is 40.8. The van der Waals surface area contributed by atoms with Gasteiger partial charge in [-0.05, 0) is 61.9 Å². The molecule has 0 N–H and O–H groups in total. The molecule has 12 heteroatoms. The predicted molar refractivity (Wildman–Crippen MR) is 140 cm³/mol. The van der Waals surface area contributed by atoms with Gasteiger partial charge in [-0.3, -0.25) is 14.7 Å². The van der Waals surface area contributed by atoms with Crippen molar-refractivity contribution in [3.8, 4) is 17.2 Å². The maximum Gasteiger partial charge on any atom is 0.220 e. The summed E-state index contributed by atoms with van der Waals surface area (Å²) in [6, 6.07) is 15.2. The van der Waals surface area contributed by atoms with Gasteiger partial charge in [-0.25, -0.2) is 8.78 Å². The first-order valence-electron chi connectivity index (χ1n) is 11.6. The monoisotopic (exact) mass is 560 g/mol. The molecule has 0 saturated carbocycles. The van der Waals surface area contributed by atoms with Crippen molar-refractivity contribution >= 4 is 23.4 Å². The number of rotatable bonds is 11. The van der Waals surface area contributed by atoms with Crippen LogP contribution >= 0.6 is 23.4 Å². The minimum Gasteiger partial charge on any atom is -0.490 e. The number of benzene rings is 3. The van der Waals surface area contributed by atoms with Gasteiger partial charge in [-0.2, -0.15) is 0 Å². The van der Waals surface area contributed by atoms with Crippen molar-refractivity contribution in [1.29, 1.82) is 0 Å². The Kier molecular flexibility index (Phi) is 8.80. The molecule has 0 radical (unpaired) electrons. The molecule has 0 saturated heterocycles. The van der Waals surface area contributed by atoms with Gasteiger partial charge in [0, 0.05) is 16.2 Å². The smallest absolute Gasteiger partial charge is 0.220 e. The van der Waals surface area contributed by atoms with Crippen LogP contribution in [0.4, 0.5) is 8.78 Å². The Labute approximate surface area is 226 Å². The summed E-state index contributed by atoms with van der Waals surface area (Å²) in [5.41, 5.74) is 1.46. The molecule has 0 amide bonds. The lowest BCUT2D eigenvalue weighted by Crippen LogP contribution is -2.12. The minimum atomic E-state index is -0.731. The van der Waals surface area contributed by atoms with E-state index in [9.17, 15) is 18.9 Å². The van der Waals surface area contributed by atoms with Gasteiger partial charge in [0.05, 0.1) is 11.6 Å². The lowest BCUT2D eigenvalue weighted by Gasteiger charge is -2.19. The second-order valence-electron chi connectivity index (χ2n) is 8.11. The summed E-state index contributed by atoms with van der Waals surface area (Å²) in [5.74, 6) is 0.201. The number of nitro groups is 1. The Hall–Kier alpha value is -3.70. The molecule has 0 spiro atoms. The Bertz CT molecular complexity index is 1440. The molecular formula is C26H23ClF2N4O4S. The Morgan fingerprint density at radius 2 is 1.84 bits per heavy atom. The second-order valence-corrected chi connectivity index (χ2v) is 9.68. The van der Waals surface area contributed by atoms with Crippen LogP contribution in [0.15, 0.2) is 65.8 Å². The van der Waals surface area contributed by atoms with Gasteiger partial charge in [0.1, 0.15) is 29.3 Å². The molecule has 1 heterocycles. The Morgan fingerprint density at radius 1 is 1.11 bits per heavy atom. The summed E-state index contributed by atoms with van der Waals surface area (Å²) >= 11 is 7.68. The number of thioether (sulfide) groups is 1. The Balaban J connectivity index is 1.67. The molecule has 4 rings (SSSR count). The van der Waals surface area contributed by atoms with E-state index in [0.717, 1.165) is 11.8 Å². The number of ether oxygens (including phenoxy) is 2. The fourth-order valence-corrected chi connectivity index (χ4v) is 5.15. The van der Waals surface area contributed by atoms with Crippen molar-refractivity contribution in [2.45, 2.75) is 30.9 Å². The van der Waals surface area contributed by atoms with E-state index in [-0.39, 0.29) is 29.7 Å². The number of aryl methyl sites for hydroxylation is 1. The van der Waals surface area contributed by atoms with E-state index < -0.39 is 28.4 Å². The van der Waals surface area contributed by atoms with Gasteiger partial charge in [0.15, 0.2) is 16.7 Å². The van der Waals surface area contributed by atoms with E-state index in [1.54, 1.807) is 60.9 Å². The van der Waals surface area contributed by atoms with Crippen LogP contribution in [0.25, 0.3) is 5.69 Å². The summed E-state index contributed by atoms with van der Waals surface area (Å²) in [6.07, 6.45) is 0. The van der Waals surface area contributed by atoms with Gasteiger partial charge in [-0.1, -0.05) is 41.6 Å². The average Bonchev–Trinajstić information content (AvgIpc) is 3.24. The van der Waals surface area contributed by atoms with E-state index in [1.165, 1.54) is 18.2 Å². The van der Waals surface area contributed by atoms with Crippen LogP contribution in [-0.4, -0.2) is 32.8 Å². The number of hydrogen-bond donors (Lipinski definition) is 0. The van der Waals surface area contributed by atoms with Crippen LogP contribution in [-0.2, 0) is 6.61 Å². The highest BCUT2D eigenvalue weighted by Crippen LogP contribution is 2.43. The van der Waals surface area contributed by atoms with E-state index in [0.29, 0.717) is 27.8 Å². The first-order chi connectivity index (χ1) is 18.3. The highest BCUT2D eigenvalue weighted by molar-refractivity contribution is 7.99. The quantitative estimate of drug-likeness (QED) is 0.116. The topological polar surface area (TPSA) is 92.3 Å². The van der Waals surface area contributed by atoms with Gasteiger partial charge < -0.3 is 9.47 Å². The van der Waals surface area contributed by atoms with Crippen molar-refractivity contribution in [2.24, 2.45) is 0 Å². The summed E-state index contributed by atoms with van der Waals surface area (Å²) in [6.45, 7) is 3.25. The number of halogens is 3. The van der Waals surface area contributed by atoms with Crippen molar-refractivity contribution in [1.82, 2.24) is 14.8 Å². The van der Waals surface area contributed by atoms with Crippen molar-refractivity contribution < 1.29 is 23.2 Å². The SMILES string of the molecule is CCOc1cc([C@@H](C[N+](=O)[O-])Sc2nnc(C)n2-c2ccc(F)cc2)cc(Cl)c1OCc1ccccc1F. The molecule has 0 fully saturated rings. The molecule has 1 atom stereocenters. The van der Waals surface area contributed by atoms with Crippen molar-refractivity contribution in [3.05, 3.63) is 104 Å². The average molecular weight is 561 g/mol. The summed E-state index contributed by atoms with van der Waals surface area (Å²) in [5, 5.41) is 19.7. The zero-order valence-corrected chi connectivity index (χ0v) is 22.0. The zero-order valence-electron chi connectivity index (χ0n) is 20.4. The second kappa shape index (κ2) is 12.2. The van der Waals surface area contributed by atoms with Crippen LogP contribution in [0, 0.1) is 28.7 Å². The first-order valence-corrected chi connectivity index (χ1v) is 12.8.